The largest absolute Gasteiger partial charge is 0.384 e. The average molecular weight is 280 g/mol. The summed E-state index contributed by atoms with van der Waals surface area (Å²) in [5.74, 6) is 0.684. The molecule has 0 fully saturated rings. The molecule has 2 aromatic rings. The van der Waals surface area contributed by atoms with Crippen molar-refractivity contribution in [2.24, 2.45) is 0 Å². The zero-order valence-corrected chi connectivity index (χ0v) is 12.8. The molecule has 19 heavy (non-hydrogen) atoms. The molecule has 1 heterocycles. The van der Waals surface area contributed by atoms with Crippen molar-refractivity contribution in [3.8, 4) is 5.69 Å². The lowest BCUT2D eigenvalue weighted by atomic mass is 9.92. The molecule has 2 rings (SSSR count). The van der Waals surface area contributed by atoms with Gasteiger partial charge in [-0.25, -0.2) is 4.68 Å². The Labute approximate surface area is 121 Å². The van der Waals surface area contributed by atoms with Crippen molar-refractivity contribution in [3.63, 3.8) is 0 Å². The number of nitrogens with zero attached hydrogens (tertiary/aromatic N) is 2. The van der Waals surface area contributed by atoms with Crippen LogP contribution in [0.2, 0.25) is 0 Å². The van der Waals surface area contributed by atoms with Crippen LogP contribution in [-0.2, 0) is 11.8 Å². The van der Waals surface area contributed by atoms with Crippen molar-refractivity contribution in [2.45, 2.75) is 39.5 Å². The molecule has 1 aromatic heterocycles. The highest BCUT2D eigenvalue weighted by Gasteiger charge is 2.19. The number of hydrogen-bond donors (Lipinski definition) is 1. The first kappa shape index (κ1) is 15.6. The third-order valence-corrected chi connectivity index (χ3v) is 3.09. The van der Waals surface area contributed by atoms with E-state index in [1.54, 1.807) is 4.68 Å². The monoisotopic (exact) mass is 279 g/mol. The lowest BCUT2D eigenvalue weighted by molar-refractivity contribution is 0.560. The van der Waals surface area contributed by atoms with Crippen molar-refractivity contribution >= 4 is 18.2 Å². The number of hydrogen-bond acceptors (Lipinski definition) is 2. The topological polar surface area (TPSA) is 43.8 Å². The van der Waals surface area contributed by atoms with E-state index < -0.39 is 0 Å². The van der Waals surface area contributed by atoms with Gasteiger partial charge in [-0.3, -0.25) is 0 Å². The third-order valence-electron chi connectivity index (χ3n) is 3.09. The number of anilines is 1. The third kappa shape index (κ3) is 3.29. The molecule has 0 unspecified atom stereocenters. The van der Waals surface area contributed by atoms with Gasteiger partial charge in [0.15, 0.2) is 0 Å². The summed E-state index contributed by atoms with van der Waals surface area (Å²) >= 11 is 0. The Balaban J connectivity index is 0.00000180. The highest BCUT2D eigenvalue weighted by molar-refractivity contribution is 5.85. The summed E-state index contributed by atoms with van der Waals surface area (Å²) in [4.78, 5) is 0. The van der Waals surface area contributed by atoms with Crippen molar-refractivity contribution in [2.75, 3.05) is 5.73 Å². The Morgan fingerprint density at radius 1 is 1.16 bits per heavy atom. The Hall–Kier alpha value is -1.48. The number of aryl methyl sites for hydroxylation is 1. The highest BCUT2D eigenvalue weighted by atomic mass is 35.5. The second-order valence-corrected chi connectivity index (χ2v) is 5.64. The molecule has 0 amide bonds. The second kappa shape index (κ2) is 5.66. The normalized spacial score (nSPS) is 11.2. The summed E-state index contributed by atoms with van der Waals surface area (Å²) in [6, 6.07) is 10.3. The molecule has 0 aliphatic carbocycles. The van der Waals surface area contributed by atoms with E-state index in [0.717, 1.165) is 17.8 Å². The van der Waals surface area contributed by atoms with Crippen LogP contribution in [0.4, 0.5) is 5.82 Å². The van der Waals surface area contributed by atoms with Crippen molar-refractivity contribution in [1.82, 2.24) is 9.78 Å². The van der Waals surface area contributed by atoms with Crippen molar-refractivity contribution in [3.05, 3.63) is 41.6 Å². The van der Waals surface area contributed by atoms with E-state index in [2.05, 4.69) is 57.1 Å². The maximum absolute atomic E-state index is 6.04. The summed E-state index contributed by atoms with van der Waals surface area (Å²) < 4.78 is 1.81. The second-order valence-electron chi connectivity index (χ2n) is 5.64. The number of benzene rings is 1. The smallest absolute Gasteiger partial charge is 0.127 e. The fourth-order valence-electron chi connectivity index (χ4n) is 1.84. The molecule has 3 nitrogen and oxygen atoms in total. The molecule has 0 atom stereocenters. The lowest BCUT2D eigenvalue weighted by Crippen LogP contribution is -2.12. The van der Waals surface area contributed by atoms with Crippen LogP contribution < -0.4 is 5.73 Å². The molecule has 0 aliphatic heterocycles. The van der Waals surface area contributed by atoms with Gasteiger partial charge in [0.25, 0.3) is 0 Å². The van der Waals surface area contributed by atoms with Crippen LogP contribution in [0.5, 0.6) is 0 Å². The van der Waals surface area contributed by atoms with Gasteiger partial charge in [0.1, 0.15) is 5.82 Å². The molecule has 1 aromatic carbocycles. The molecule has 0 bridgehead atoms. The number of nitrogens with two attached hydrogens (primary N) is 1. The van der Waals surface area contributed by atoms with Gasteiger partial charge in [-0.15, -0.1) is 12.4 Å². The molecule has 0 radical (unpaired) electrons. The van der Waals surface area contributed by atoms with Gasteiger partial charge in [0.05, 0.1) is 11.4 Å². The van der Waals surface area contributed by atoms with Crippen molar-refractivity contribution in [1.29, 1.82) is 0 Å². The number of aromatic nitrogens is 2. The fraction of sp³-hybridized carbons (Fsp3) is 0.400. The minimum atomic E-state index is 0. The summed E-state index contributed by atoms with van der Waals surface area (Å²) in [6.45, 7) is 8.56. The van der Waals surface area contributed by atoms with E-state index >= 15 is 0 Å². The van der Waals surface area contributed by atoms with Crippen LogP contribution in [0.1, 0.15) is 39.0 Å². The van der Waals surface area contributed by atoms with E-state index in [9.17, 15) is 0 Å². The van der Waals surface area contributed by atoms with Crippen LogP contribution >= 0.6 is 12.4 Å². The van der Waals surface area contributed by atoms with Gasteiger partial charge >= 0.3 is 0 Å². The number of nitrogen functional groups attached to an aromatic ring is 1. The van der Waals surface area contributed by atoms with Gasteiger partial charge in [-0.2, -0.15) is 5.10 Å². The first-order valence-corrected chi connectivity index (χ1v) is 6.37. The van der Waals surface area contributed by atoms with E-state index in [1.165, 1.54) is 5.56 Å². The first-order chi connectivity index (χ1) is 8.41. The zero-order chi connectivity index (χ0) is 13.3. The summed E-state index contributed by atoms with van der Waals surface area (Å²) in [7, 11) is 0. The minimum absolute atomic E-state index is 0. The Morgan fingerprint density at radius 3 is 2.16 bits per heavy atom. The SMILES string of the molecule is CCc1ccc(-n2nc(C(C)(C)C)cc2N)cc1.Cl. The van der Waals surface area contributed by atoms with Gasteiger partial charge in [0.2, 0.25) is 0 Å². The molecule has 2 N–H and O–H groups in total. The van der Waals surface area contributed by atoms with Gasteiger partial charge < -0.3 is 5.73 Å². The Morgan fingerprint density at radius 2 is 1.74 bits per heavy atom. The molecule has 0 aliphatic rings. The van der Waals surface area contributed by atoms with Gasteiger partial charge in [-0.05, 0) is 24.1 Å². The summed E-state index contributed by atoms with van der Waals surface area (Å²) in [5.41, 5.74) is 9.41. The molecule has 104 valence electrons. The van der Waals surface area contributed by atoms with Crippen LogP contribution in [0.25, 0.3) is 5.69 Å². The molecule has 4 heteroatoms. The van der Waals surface area contributed by atoms with E-state index in [-0.39, 0.29) is 17.8 Å². The number of rotatable bonds is 2. The van der Waals surface area contributed by atoms with Gasteiger partial charge in [-0.1, -0.05) is 39.8 Å². The van der Waals surface area contributed by atoms with Crippen LogP contribution in [0.15, 0.2) is 30.3 Å². The van der Waals surface area contributed by atoms with Crippen molar-refractivity contribution < 1.29 is 0 Å². The van der Waals surface area contributed by atoms with Gasteiger partial charge in [0, 0.05) is 11.5 Å². The minimum Gasteiger partial charge on any atom is -0.384 e. The predicted octanol–water partition coefficient (Wildman–Crippen LogP) is 3.74. The maximum Gasteiger partial charge on any atom is 0.127 e. The fourth-order valence-corrected chi connectivity index (χ4v) is 1.84. The predicted molar refractivity (Wildman–Crippen MR) is 83.3 cm³/mol. The molecular weight excluding hydrogens is 258 g/mol. The standard InChI is InChI=1S/C15H21N3.ClH/c1-5-11-6-8-12(9-7-11)18-14(16)10-13(17-18)15(2,3)4;/h6-10H,5,16H2,1-4H3;1H. The summed E-state index contributed by atoms with van der Waals surface area (Å²) in [5, 5.41) is 4.60. The van der Waals surface area contributed by atoms with E-state index in [0.29, 0.717) is 5.82 Å². The average Bonchev–Trinajstić information content (AvgIpc) is 2.71. The van der Waals surface area contributed by atoms with Crippen LogP contribution in [0, 0.1) is 0 Å². The molecule has 0 saturated heterocycles. The summed E-state index contributed by atoms with van der Waals surface area (Å²) in [6.07, 6.45) is 1.04. The first-order valence-electron chi connectivity index (χ1n) is 6.37. The van der Waals surface area contributed by atoms with Crippen LogP contribution in [-0.4, -0.2) is 9.78 Å². The molecular formula is C15H22ClN3. The Kier molecular flexibility index (Phi) is 4.64. The highest BCUT2D eigenvalue weighted by Crippen LogP contribution is 2.24. The Bertz CT molecular complexity index is 536. The lowest BCUT2D eigenvalue weighted by Gasteiger charge is -2.14. The maximum atomic E-state index is 6.04. The quantitative estimate of drug-likeness (QED) is 0.910. The number of halogens is 1. The molecule has 0 saturated carbocycles. The van der Waals surface area contributed by atoms with Crippen LogP contribution in [0.3, 0.4) is 0 Å². The van der Waals surface area contributed by atoms with E-state index in [1.807, 2.05) is 6.07 Å². The zero-order valence-electron chi connectivity index (χ0n) is 12.0. The van der Waals surface area contributed by atoms with E-state index in [4.69, 9.17) is 5.73 Å². The molecule has 0 spiro atoms.